The number of anilines is 1. The number of hydrogen-bond donors (Lipinski definition) is 1. The third-order valence-electron chi connectivity index (χ3n) is 5.91. The predicted molar refractivity (Wildman–Crippen MR) is 147 cm³/mol. The number of nitro benzene ring substituents is 1. The van der Waals surface area contributed by atoms with E-state index in [-0.39, 0.29) is 39.0 Å². The normalized spacial score (nSPS) is 12.2. The van der Waals surface area contributed by atoms with E-state index in [0.29, 0.717) is 12.0 Å². The number of rotatable bonds is 11. The molecule has 0 saturated heterocycles. The van der Waals surface area contributed by atoms with Crippen molar-refractivity contribution in [2.45, 2.75) is 38.1 Å². The van der Waals surface area contributed by atoms with Gasteiger partial charge in [-0.25, -0.2) is 8.42 Å². The van der Waals surface area contributed by atoms with Gasteiger partial charge in [0.05, 0.1) is 28.7 Å². The van der Waals surface area contributed by atoms with E-state index in [1.807, 2.05) is 44.2 Å². The number of carbonyl (C=O) groups is 1. The summed E-state index contributed by atoms with van der Waals surface area (Å²) in [5.41, 5.74) is 0.865. The van der Waals surface area contributed by atoms with Crippen LogP contribution in [0.1, 0.15) is 37.4 Å². The van der Waals surface area contributed by atoms with Gasteiger partial charge in [0.1, 0.15) is 12.3 Å². The molecule has 9 nitrogen and oxygen atoms in total. The van der Waals surface area contributed by atoms with Crippen LogP contribution in [0.4, 0.5) is 11.4 Å². The van der Waals surface area contributed by atoms with Crippen molar-refractivity contribution in [1.29, 1.82) is 0 Å². The van der Waals surface area contributed by atoms with Crippen LogP contribution in [0.25, 0.3) is 0 Å². The van der Waals surface area contributed by atoms with Gasteiger partial charge in [0.2, 0.25) is 5.91 Å². The lowest BCUT2D eigenvalue weighted by Crippen LogP contribution is -2.42. The third kappa shape index (κ3) is 6.81. The van der Waals surface area contributed by atoms with Crippen LogP contribution in [-0.2, 0) is 14.8 Å². The van der Waals surface area contributed by atoms with E-state index in [1.54, 1.807) is 0 Å². The van der Waals surface area contributed by atoms with Crippen molar-refractivity contribution in [2.75, 3.05) is 18.0 Å². The third-order valence-corrected chi connectivity index (χ3v) is 7.90. The molecule has 0 bridgehead atoms. The minimum Gasteiger partial charge on any atom is -0.495 e. The Kier molecular flexibility index (Phi) is 9.35. The fraction of sp³-hybridized carbons (Fsp3) is 0.296. The highest BCUT2D eigenvalue weighted by Crippen LogP contribution is 2.36. The van der Waals surface area contributed by atoms with Crippen molar-refractivity contribution < 1.29 is 22.9 Å². The lowest BCUT2D eigenvalue weighted by molar-refractivity contribution is -0.385. The number of hydrogen-bond acceptors (Lipinski definition) is 6. The molecule has 0 aliphatic heterocycles. The van der Waals surface area contributed by atoms with Crippen molar-refractivity contribution in [2.24, 2.45) is 5.92 Å². The summed E-state index contributed by atoms with van der Waals surface area (Å²) in [5.74, 6) is -0.151. The molecule has 0 aromatic heterocycles. The summed E-state index contributed by atoms with van der Waals surface area (Å²) in [7, 11) is -3.10. The Morgan fingerprint density at radius 2 is 1.79 bits per heavy atom. The van der Waals surface area contributed by atoms with Gasteiger partial charge < -0.3 is 10.1 Å². The Hall–Kier alpha value is -3.63. The molecule has 1 amide bonds. The van der Waals surface area contributed by atoms with Gasteiger partial charge in [-0.05, 0) is 49.1 Å². The molecule has 3 rings (SSSR count). The molecule has 0 aliphatic carbocycles. The summed E-state index contributed by atoms with van der Waals surface area (Å²) in [6.07, 6.45) is 0.632. The van der Waals surface area contributed by atoms with Crippen molar-refractivity contribution in [3.8, 4) is 5.75 Å². The van der Waals surface area contributed by atoms with Crippen LogP contribution in [0.3, 0.4) is 0 Å². The molecule has 0 fully saturated rings. The fourth-order valence-corrected chi connectivity index (χ4v) is 5.65. The number of nitrogens with one attached hydrogen (secondary N) is 1. The van der Waals surface area contributed by atoms with Crippen molar-refractivity contribution >= 4 is 38.9 Å². The van der Waals surface area contributed by atoms with E-state index < -0.39 is 27.4 Å². The van der Waals surface area contributed by atoms with Gasteiger partial charge in [0.15, 0.2) is 0 Å². The summed E-state index contributed by atoms with van der Waals surface area (Å²) in [4.78, 5) is 23.9. The second-order valence-corrected chi connectivity index (χ2v) is 11.5. The number of carbonyl (C=O) groups excluding carboxylic acids is 1. The molecule has 1 atom stereocenters. The summed E-state index contributed by atoms with van der Waals surface area (Å²) in [6.45, 7) is 4.96. The van der Waals surface area contributed by atoms with E-state index in [9.17, 15) is 23.3 Å². The molecule has 3 aromatic rings. The van der Waals surface area contributed by atoms with E-state index in [4.69, 9.17) is 16.3 Å². The number of nitro groups is 1. The minimum absolute atomic E-state index is 0.0264. The maximum atomic E-state index is 13.9. The first kappa shape index (κ1) is 28.9. The number of benzene rings is 3. The second kappa shape index (κ2) is 12.3. The topological polar surface area (TPSA) is 119 Å². The van der Waals surface area contributed by atoms with Gasteiger partial charge in [-0.3, -0.25) is 19.2 Å². The molecule has 0 saturated carbocycles. The Bertz CT molecular complexity index is 1410. The molecular formula is C27H30ClN3O6S. The van der Waals surface area contributed by atoms with E-state index >= 15 is 0 Å². The number of halogens is 1. The summed E-state index contributed by atoms with van der Waals surface area (Å²) in [5, 5.41) is 14.7. The Labute approximate surface area is 227 Å². The van der Waals surface area contributed by atoms with E-state index in [0.717, 1.165) is 15.9 Å². The highest BCUT2D eigenvalue weighted by Gasteiger charge is 2.32. The molecule has 0 spiro atoms. The second-order valence-electron chi connectivity index (χ2n) is 9.19. The van der Waals surface area contributed by atoms with Crippen LogP contribution in [-0.4, -0.2) is 32.9 Å². The summed E-state index contributed by atoms with van der Waals surface area (Å²) in [6, 6.07) is 17.0. The number of ether oxygens (including phenoxy) is 1. The van der Waals surface area contributed by atoms with Crippen molar-refractivity contribution in [3.63, 3.8) is 0 Å². The van der Waals surface area contributed by atoms with Gasteiger partial charge in [-0.15, -0.1) is 0 Å². The Morgan fingerprint density at radius 3 is 2.39 bits per heavy atom. The predicted octanol–water partition coefficient (Wildman–Crippen LogP) is 5.66. The first-order chi connectivity index (χ1) is 17.9. The van der Waals surface area contributed by atoms with Crippen LogP contribution < -0.4 is 14.4 Å². The van der Waals surface area contributed by atoms with Crippen LogP contribution in [0.15, 0.2) is 71.6 Å². The molecule has 0 aliphatic rings. The zero-order valence-electron chi connectivity index (χ0n) is 21.5. The van der Waals surface area contributed by atoms with Gasteiger partial charge >= 0.3 is 0 Å². The average molecular weight is 560 g/mol. The first-order valence-corrected chi connectivity index (χ1v) is 13.7. The largest absolute Gasteiger partial charge is 0.495 e. The Balaban J connectivity index is 2.07. The zero-order valence-corrected chi connectivity index (χ0v) is 23.1. The SMILES string of the molecule is COc1ccc(Cl)cc1N(CC(=O)NC(CC(C)C)c1ccccc1)S(=O)(=O)c1ccc(C)c([N+](=O)[O-])c1. The lowest BCUT2D eigenvalue weighted by atomic mass is 9.97. The quantitative estimate of drug-likeness (QED) is 0.239. The molecule has 1 unspecified atom stereocenters. The molecule has 202 valence electrons. The smallest absolute Gasteiger partial charge is 0.273 e. The molecule has 11 heteroatoms. The summed E-state index contributed by atoms with van der Waals surface area (Å²) >= 11 is 6.19. The van der Waals surface area contributed by atoms with Gasteiger partial charge in [-0.2, -0.15) is 0 Å². The van der Waals surface area contributed by atoms with Crippen LogP contribution in [0.5, 0.6) is 5.75 Å². The Morgan fingerprint density at radius 1 is 1.11 bits per heavy atom. The molecular weight excluding hydrogens is 530 g/mol. The number of methoxy groups -OCH3 is 1. The summed E-state index contributed by atoms with van der Waals surface area (Å²) < 4.78 is 34.0. The number of nitrogens with zero attached hydrogens (tertiary/aromatic N) is 2. The number of sulfonamides is 1. The molecule has 38 heavy (non-hydrogen) atoms. The lowest BCUT2D eigenvalue weighted by Gasteiger charge is -2.27. The number of amides is 1. The van der Waals surface area contributed by atoms with E-state index in [1.165, 1.54) is 44.4 Å². The molecule has 1 N–H and O–H groups in total. The average Bonchev–Trinajstić information content (AvgIpc) is 2.87. The van der Waals surface area contributed by atoms with Crippen LogP contribution in [0, 0.1) is 23.0 Å². The van der Waals surface area contributed by atoms with Crippen LogP contribution in [0.2, 0.25) is 5.02 Å². The first-order valence-electron chi connectivity index (χ1n) is 11.9. The number of aryl methyl sites for hydroxylation is 1. The highest BCUT2D eigenvalue weighted by atomic mass is 35.5. The van der Waals surface area contributed by atoms with E-state index in [2.05, 4.69) is 5.32 Å². The maximum absolute atomic E-state index is 13.9. The minimum atomic E-state index is -4.47. The van der Waals surface area contributed by atoms with Gasteiger partial charge in [0, 0.05) is 16.7 Å². The zero-order chi connectivity index (χ0) is 28.0. The van der Waals surface area contributed by atoms with Gasteiger partial charge in [-0.1, -0.05) is 61.8 Å². The van der Waals surface area contributed by atoms with Crippen molar-refractivity contribution in [1.82, 2.24) is 5.32 Å². The maximum Gasteiger partial charge on any atom is 0.273 e. The van der Waals surface area contributed by atoms with Gasteiger partial charge in [0.25, 0.3) is 15.7 Å². The molecule has 3 aromatic carbocycles. The standard InChI is InChI=1S/C27H30ClN3O6S/c1-18(2)14-23(20-8-6-5-7-9-20)29-27(32)17-30(25-15-21(28)11-13-26(25)37-4)38(35,36)22-12-10-19(3)24(16-22)31(33)34/h5-13,15-16,18,23H,14,17H2,1-4H3,(H,29,32). The monoisotopic (exact) mass is 559 g/mol. The molecule has 0 heterocycles. The van der Waals surface area contributed by atoms with Crippen LogP contribution >= 0.6 is 11.6 Å². The fourth-order valence-electron chi connectivity index (χ4n) is 4.04. The van der Waals surface area contributed by atoms with Crippen molar-refractivity contribution in [3.05, 3.63) is 93.0 Å². The highest BCUT2D eigenvalue weighted by molar-refractivity contribution is 7.92. The molecule has 0 radical (unpaired) electrons.